The first-order valence-electron chi connectivity index (χ1n) is 8.88. The number of carbonyl (C=O) groups excluding carboxylic acids is 2. The van der Waals surface area contributed by atoms with Crippen LogP contribution in [0.4, 0.5) is 11.4 Å². The number of carbonyl (C=O) groups is 2. The molecule has 136 valence electrons. The molecular weight excluding hydrogens is 328 g/mol. The highest BCUT2D eigenvalue weighted by Crippen LogP contribution is 2.31. The minimum Gasteiger partial charge on any atom is -0.481 e. The normalized spacial score (nSPS) is 14.4. The van der Waals surface area contributed by atoms with Gasteiger partial charge in [-0.25, -0.2) is 0 Å². The Balaban J connectivity index is 1.64. The molecule has 1 unspecified atom stereocenters. The lowest BCUT2D eigenvalue weighted by molar-refractivity contribution is -0.122. The van der Waals surface area contributed by atoms with Gasteiger partial charge in [-0.2, -0.15) is 0 Å². The lowest BCUT2D eigenvalue weighted by Gasteiger charge is -2.17. The predicted octanol–water partition coefficient (Wildman–Crippen LogP) is 4.06. The lowest BCUT2D eigenvalue weighted by atomic mass is 10.1. The van der Waals surface area contributed by atoms with Crippen molar-refractivity contribution >= 4 is 23.2 Å². The van der Waals surface area contributed by atoms with E-state index in [9.17, 15) is 9.59 Å². The van der Waals surface area contributed by atoms with Gasteiger partial charge in [-0.3, -0.25) is 9.59 Å². The van der Waals surface area contributed by atoms with Gasteiger partial charge in [-0.1, -0.05) is 24.3 Å². The molecule has 0 aromatic heterocycles. The molecule has 2 aromatic rings. The lowest BCUT2D eigenvalue weighted by Crippen LogP contribution is -2.30. The first kappa shape index (κ1) is 18.0. The molecule has 0 bridgehead atoms. The third kappa shape index (κ3) is 4.42. The summed E-state index contributed by atoms with van der Waals surface area (Å²) in [5.41, 5.74) is 3.30. The second-order valence-corrected chi connectivity index (χ2v) is 6.81. The summed E-state index contributed by atoms with van der Waals surface area (Å²) in [6.45, 7) is 5.58. The SMILES string of the molecule is Cc1ccc(NC(=O)C(C)Oc2ccccc2C)cc1NC(=O)C1CC1. The Kier molecular flexibility index (Phi) is 5.26. The summed E-state index contributed by atoms with van der Waals surface area (Å²) < 4.78 is 5.76. The number of nitrogens with one attached hydrogen (secondary N) is 2. The van der Waals surface area contributed by atoms with Gasteiger partial charge in [0.2, 0.25) is 5.91 Å². The Morgan fingerprint density at radius 2 is 1.77 bits per heavy atom. The third-order valence-corrected chi connectivity index (χ3v) is 4.48. The molecule has 5 heteroatoms. The molecule has 0 spiro atoms. The van der Waals surface area contributed by atoms with Crippen LogP contribution in [-0.4, -0.2) is 17.9 Å². The summed E-state index contributed by atoms with van der Waals surface area (Å²) >= 11 is 0. The molecular formula is C21H24N2O3. The molecule has 2 N–H and O–H groups in total. The van der Waals surface area contributed by atoms with Crippen LogP contribution in [-0.2, 0) is 9.59 Å². The molecule has 26 heavy (non-hydrogen) atoms. The van der Waals surface area contributed by atoms with Gasteiger partial charge in [0.1, 0.15) is 5.75 Å². The second kappa shape index (κ2) is 7.60. The van der Waals surface area contributed by atoms with E-state index in [0.717, 1.165) is 29.7 Å². The van der Waals surface area contributed by atoms with E-state index < -0.39 is 6.10 Å². The number of para-hydroxylation sites is 1. The van der Waals surface area contributed by atoms with Gasteiger partial charge < -0.3 is 15.4 Å². The molecule has 1 fully saturated rings. The summed E-state index contributed by atoms with van der Waals surface area (Å²) in [6, 6.07) is 13.1. The van der Waals surface area contributed by atoms with E-state index in [1.807, 2.05) is 50.2 Å². The van der Waals surface area contributed by atoms with Crippen LogP contribution in [0.1, 0.15) is 30.9 Å². The maximum atomic E-state index is 12.4. The van der Waals surface area contributed by atoms with E-state index in [1.54, 1.807) is 13.0 Å². The summed E-state index contributed by atoms with van der Waals surface area (Å²) in [5, 5.41) is 5.79. The van der Waals surface area contributed by atoms with Gasteiger partial charge in [0, 0.05) is 17.3 Å². The largest absolute Gasteiger partial charge is 0.481 e. The van der Waals surface area contributed by atoms with Crippen molar-refractivity contribution in [3.63, 3.8) is 0 Å². The number of hydrogen-bond acceptors (Lipinski definition) is 3. The minimum absolute atomic E-state index is 0.0489. The van der Waals surface area contributed by atoms with Crippen LogP contribution in [0.2, 0.25) is 0 Å². The molecule has 1 aliphatic rings. The minimum atomic E-state index is -0.637. The molecule has 2 aromatic carbocycles. The van der Waals surface area contributed by atoms with E-state index in [2.05, 4.69) is 10.6 Å². The zero-order valence-electron chi connectivity index (χ0n) is 15.3. The highest BCUT2D eigenvalue weighted by molar-refractivity contribution is 5.97. The maximum Gasteiger partial charge on any atom is 0.265 e. The molecule has 0 heterocycles. The number of aryl methyl sites for hydroxylation is 2. The Morgan fingerprint density at radius 3 is 2.46 bits per heavy atom. The molecule has 3 rings (SSSR count). The average molecular weight is 352 g/mol. The smallest absolute Gasteiger partial charge is 0.265 e. The van der Waals surface area contributed by atoms with Crippen LogP contribution in [0, 0.1) is 19.8 Å². The van der Waals surface area contributed by atoms with Crippen molar-refractivity contribution in [2.75, 3.05) is 10.6 Å². The van der Waals surface area contributed by atoms with Crippen molar-refractivity contribution in [3.8, 4) is 5.75 Å². The summed E-state index contributed by atoms with van der Waals surface area (Å²) in [4.78, 5) is 24.4. The van der Waals surface area contributed by atoms with Crippen molar-refractivity contribution in [2.45, 2.75) is 39.7 Å². The van der Waals surface area contributed by atoms with Gasteiger partial charge in [0.25, 0.3) is 5.91 Å². The van der Waals surface area contributed by atoms with Crippen LogP contribution >= 0.6 is 0 Å². The van der Waals surface area contributed by atoms with Crippen LogP contribution in [0.5, 0.6) is 5.75 Å². The molecule has 0 radical (unpaired) electrons. The number of benzene rings is 2. The number of ether oxygens (including phenoxy) is 1. The summed E-state index contributed by atoms with van der Waals surface area (Å²) in [7, 11) is 0. The first-order chi connectivity index (χ1) is 12.4. The topological polar surface area (TPSA) is 67.4 Å². The average Bonchev–Trinajstić information content (AvgIpc) is 3.45. The number of anilines is 2. The van der Waals surface area contributed by atoms with Crippen LogP contribution in [0.25, 0.3) is 0 Å². The van der Waals surface area contributed by atoms with Crippen LogP contribution in [0.15, 0.2) is 42.5 Å². The fourth-order valence-corrected chi connectivity index (χ4v) is 2.59. The van der Waals surface area contributed by atoms with Gasteiger partial charge in [0.15, 0.2) is 6.10 Å². The molecule has 5 nitrogen and oxygen atoms in total. The van der Waals surface area contributed by atoms with Crippen molar-refractivity contribution in [3.05, 3.63) is 53.6 Å². The zero-order valence-corrected chi connectivity index (χ0v) is 15.3. The number of rotatable bonds is 6. The first-order valence-corrected chi connectivity index (χ1v) is 8.88. The van der Waals surface area contributed by atoms with E-state index in [-0.39, 0.29) is 17.7 Å². The Morgan fingerprint density at radius 1 is 1.04 bits per heavy atom. The van der Waals surface area contributed by atoms with Crippen LogP contribution in [0.3, 0.4) is 0 Å². The van der Waals surface area contributed by atoms with Gasteiger partial charge in [-0.15, -0.1) is 0 Å². The Hall–Kier alpha value is -2.82. The maximum absolute atomic E-state index is 12.4. The monoisotopic (exact) mass is 352 g/mol. The van der Waals surface area contributed by atoms with E-state index in [0.29, 0.717) is 11.4 Å². The van der Waals surface area contributed by atoms with Crippen molar-refractivity contribution in [2.24, 2.45) is 5.92 Å². The van der Waals surface area contributed by atoms with Gasteiger partial charge in [0.05, 0.1) is 0 Å². The number of hydrogen-bond donors (Lipinski definition) is 2. The van der Waals surface area contributed by atoms with Gasteiger partial charge >= 0.3 is 0 Å². The third-order valence-electron chi connectivity index (χ3n) is 4.48. The standard InChI is InChI=1S/C21H24N2O3/c1-13-8-11-17(12-18(13)23-21(25)16-9-10-16)22-20(24)15(3)26-19-7-5-4-6-14(19)2/h4-8,11-12,15-16H,9-10H2,1-3H3,(H,22,24)(H,23,25). The summed E-state index contributed by atoms with van der Waals surface area (Å²) in [5.74, 6) is 0.635. The Bertz CT molecular complexity index is 828. The van der Waals surface area contributed by atoms with E-state index in [4.69, 9.17) is 4.74 Å². The molecule has 2 amide bonds. The Labute approximate surface area is 153 Å². The molecule has 1 atom stereocenters. The van der Waals surface area contributed by atoms with Crippen molar-refractivity contribution in [1.82, 2.24) is 0 Å². The zero-order chi connectivity index (χ0) is 18.7. The van der Waals surface area contributed by atoms with E-state index in [1.165, 1.54) is 0 Å². The molecule has 0 aliphatic heterocycles. The quantitative estimate of drug-likeness (QED) is 0.824. The van der Waals surface area contributed by atoms with E-state index >= 15 is 0 Å². The molecule has 1 aliphatic carbocycles. The molecule has 1 saturated carbocycles. The fraction of sp³-hybridized carbons (Fsp3) is 0.333. The number of amides is 2. The van der Waals surface area contributed by atoms with Crippen molar-refractivity contribution < 1.29 is 14.3 Å². The highest BCUT2D eigenvalue weighted by Gasteiger charge is 2.29. The van der Waals surface area contributed by atoms with Gasteiger partial charge in [-0.05, 0) is 62.9 Å². The van der Waals surface area contributed by atoms with Crippen LogP contribution < -0.4 is 15.4 Å². The summed E-state index contributed by atoms with van der Waals surface area (Å²) in [6.07, 6.45) is 1.27. The second-order valence-electron chi connectivity index (χ2n) is 6.81. The molecule has 0 saturated heterocycles. The highest BCUT2D eigenvalue weighted by atomic mass is 16.5. The van der Waals surface area contributed by atoms with Crippen molar-refractivity contribution in [1.29, 1.82) is 0 Å². The predicted molar refractivity (Wildman–Crippen MR) is 102 cm³/mol. The fourth-order valence-electron chi connectivity index (χ4n) is 2.59.